The molecule has 1 heterocycles. The van der Waals surface area contributed by atoms with Crippen LogP contribution in [0.25, 0.3) is 0 Å². The van der Waals surface area contributed by atoms with E-state index < -0.39 is 0 Å². The van der Waals surface area contributed by atoms with Crippen LogP contribution in [0.3, 0.4) is 0 Å². The van der Waals surface area contributed by atoms with Crippen molar-refractivity contribution in [1.29, 1.82) is 0 Å². The number of halogens is 2. The first-order valence-corrected chi connectivity index (χ1v) is 3.65. The molecule has 0 aliphatic heterocycles. The molecule has 0 saturated carbocycles. The largest absolute Gasteiger partial charge is 0.260 e. The molecule has 48 valence electrons. The Morgan fingerprint density at radius 3 is 2.78 bits per heavy atom. The van der Waals surface area contributed by atoms with Crippen molar-refractivity contribution in [2.75, 3.05) is 0 Å². The molecule has 0 fully saturated rings. The number of hydrogen-bond acceptors (Lipinski definition) is 1. The van der Waals surface area contributed by atoms with Crippen LogP contribution in [-0.4, -0.2) is 4.98 Å². The van der Waals surface area contributed by atoms with Crippen molar-refractivity contribution in [3.8, 4) is 0 Å². The minimum atomic E-state index is 0.692. The van der Waals surface area contributed by atoms with E-state index >= 15 is 0 Å². The van der Waals surface area contributed by atoms with Gasteiger partial charge in [0.1, 0.15) is 0 Å². The van der Waals surface area contributed by atoms with Crippen LogP contribution in [0.2, 0.25) is 5.02 Å². The molecule has 0 aliphatic carbocycles. The molecule has 1 rings (SSSR count). The van der Waals surface area contributed by atoms with Crippen molar-refractivity contribution in [1.82, 2.24) is 4.98 Å². The molecular formula is C6H5BrClN. The lowest BCUT2D eigenvalue weighted by molar-refractivity contribution is 1.19. The number of aromatic nitrogens is 1. The molecule has 9 heavy (non-hydrogen) atoms. The lowest BCUT2D eigenvalue weighted by Gasteiger charge is -1.95. The van der Waals surface area contributed by atoms with E-state index in [9.17, 15) is 0 Å². The van der Waals surface area contributed by atoms with E-state index in [1.54, 1.807) is 6.20 Å². The standard InChI is InChI=1S/C6H5BrClN/c1-4-6(8)5(7)2-3-9-4/h2-3H,1H3. The molecular weight excluding hydrogens is 201 g/mol. The monoisotopic (exact) mass is 205 g/mol. The van der Waals surface area contributed by atoms with Gasteiger partial charge in [0.05, 0.1) is 10.7 Å². The van der Waals surface area contributed by atoms with Gasteiger partial charge in [0.2, 0.25) is 0 Å². The maximum absolute atomic E-state index is 5.77. The molecule has 0 radical (unpaired) electrons. The smallest absolute Gasteiger partial charge is 0.0760 e. The SMILES string of the molecule is Cc1nccc(Br)c1Cl. The second kappa shape index (κ2) is 2.67. The Morgan fingerprint density at radius 2 is 2.33 bits per heavy atom. The van der Waals surface area contributed by atoms with Crippen molar-refractivity contribution >= 4 is 27.5 Å². The molecule has 0 aromatic carbocycles. The van der Waals surface area contributed by atoms with Gasteiger partial charge >= 0.3 is 0 Å². The second-order valence-corrected chi connectivity index (χ2v) is 2.92. The average molecular weight is 206 g/mol. The van der Waals surface area contributed by atoms with Gasteiger partial charge in [0.25, 0.3) is 0 Å². The van der Waals surface area contributed by atoms with Gasteiger partial charge < -0.3 is 0 Å². The van der Waals surface area contributed by atoms with Crippen LogP contribution < -0.4 is 0 Å². The fourth-order valence-electron chi connectivity index (χ4n) is 0.517. The molecule has 0 amide bonds. The van der Waals surface area contributed by atoms with Crippen molar-refractivity contribution in [2.24, 2.45) is 0 Å². The molecule has 1 aromatic heterocycles. The molecule has 0 spiro atoms. The van der Waals surface area contributed by atoms with E-state index in [4.69, 9.17) is 11.6 Å². The van der Waals surface area contributed by atoms with Gasteiger partial charge in [-0.3, -0.25) is 4.98 Å². The number of pyridine rings is 1. The summed E-state index contributed by atoms with van der Waals surface area (Å²) in [5.74, 6) is 0. The third kappa shape index (κ3) is 1.43. The quantitative estimate of drug-likeness (QED) is 0.636. The van der Waals surface area contributed by atoms with Crippen LogP contribution in [-0.2, 0) is 0 Å². The third-order valence-corrected chi connectivity index (χ3v) is 2.38. The predicted molar refractivity (Wildman–Crippen MR) is 41.7 cm³/mol. The van der Waals surface area contributed by atoms with Gasteiger partial charge in [0.15, 0.2) is 0 Å². The summed E-state index contributed by atoms with van der Waals surface area (Å²) in [6.45, 7) is 1.87. The van der Waals surface area contributed by atoms with Crippen LogP contribution in [0.4, 0.5) is 0 Å². The molecule has 0 unspecified atom stereocenters. The fourth-order valence-corrected chi connectivity index (χ4v) is 1.03. The fraction of sp³-hybridized carbons (Fsp3) is 0.167. The first-order valence-electron chi connectivity index (χ1n) is 2.48. The van der Waals surface area contributed by atoms with Gasteiger partial charge in [-0.1, -0.05) is 11.6 Å². The van der Waals surface area contributed by atoms with E-state index in [0.29, 0.717) is 5.02 Å². The van der Waals surface area contributed by atoms with Gasteiger partial charge in [-0.25, -0.2) is 0 Å². The van der Waals surface area contributed by atoms with E-state index in [0.717, 1.165) is 10.2 Å². The molecule has 3 heteroatoms. The van der Waals surface area contributed by atoms with Gasteiger partial charge in [-0.2, -0.15) is 0 Å². The summed E-state index contributed by atoms with van der Waals surface area (Å²) in [5.41, 5.74) is 0.853. The van der Waals surface area contributed by atoms with Crippen LogP contribution in [0.15, 0.2) is 16.7 Å². The first-order chi connectivity index (χ1) is 4.22. The predicted octanol–water partition coefficient (Wildman–Crippen LogP) is 2.81. The Labute approximate surface area is 67.2 Å². The van der Waals surface area contributed by atoms with Crippen molar-refractivity contribution in [2.45, 2.75) is 6.92 Å². The van der Waals surface area contributed by atoms with E-state index in [1.807, 2.05) is 13.0 Å². The average Bonchev–Trinajstić information content (AvgIpc) is 1.83. The highest BCUT2D eigenvalue weighted by molar-refractivity contribution is 9.10. The van der Waals surface area contributed by atoms with Gasteiger partial charge in [0, 0.05) is 10.7 Å². The zero-order valence-electron chi connectivity index (χ0n) is 4.86. The second-order valence-electron chi connectivity index (χ2n) is 1.69. The van der Waals surface area contributed by atoms with Crippen LogP contribution in [0, 0.1) is 6.92 Å². The van der Waals surface area contributed by atoms with Crippen LogP contribution in [0.1, 0.15) is 5.69 Å². The van der Waals surface area contributed by atoms with E-state index in [1.165, 1.54) is 0 Å². The molecule has 1 aromatic rings. The summed E-state index contributed by atoms with van der Waals surface area (Å²) >= 11 is 9.04. The Morgan fingerprint density at radius 1 is 1.67 bits per heavy atom. The summed E-state index contributed by atoms with van der Waals surface area (Å²) < 4.78 is 0.900. The van der Waals surface area contributed by atoms with E-state index in [2.05, 4.69) is 20.9 Å². The topological polar surface area (TPSA) is 12.9 Å². The Balaban J connectivity index is 3.25. The van der Waals surface area contributed by atoms with Crippen molar-refractivity contribution < 1.29 is 0 Å². The number of hydrogen-bond donors (Lipinski definition) is 0. The normalized spacial score (nSPS) is 9.67. The highest BCUT2D eigenvalue weighted by Crippen LogP contribution is 2.22. The highest BCUT2D eigenvalue weighted by Gasteiger charge is 1.97. The maximum Gasteiger partial charge on any atom is 0.0760 e. The van der Waals surface area contributed by atoms with Gasteiger partial charge in [-0.15, -0.1) is 0 Å². The zero-order valence-corrected chi connectivity index (χ0v) is 7.20. The van der Waals surface area contributed by atoms with Crippen LogP contribution in [0.5, 0.6) is 0 Å². The first kappa shape index (κ1) is 7.03. The molecule has 0 saturated heterocycles. The minimum Gasteiger partial charge on any atom is -0.260 e. The van der Waals surface area contributed by atoms with Gasteiger partial charge in [-0.05, 0) is 28.9 Å². The summed E-state index contributed by atoms with van der Waals surface area (Å²) in [7, 11) is 0. The lowest BCUT2D eigenvalue weighted by atomic mass is 10.4. The Kier molecular flexibility index (Phi) is 2.09. The third-order valence-electron chi connectivity index (χ3n) is 1.02. The molecule has 0 N–H and O–H groups in total. The molecule has 0 atom stereocenters. The number of nitrogens with zero attached hydrogens (tertiary/aromatic N) is 1. The molecule has 0 aliphatic rings. The van der Waals surface area contributed by atoms with Crippen LogP contribution >= 0.6 is 27.5 Å². The summed E-state index contributed by atoms with van der Waals surface area (Å²) in [6.07, 6.45) is 1.71. The lowest BCUT2D eigenvalue weighted by Crippen LogP contribution is -1.80. The Hall–Kier alpha value is -0.0800. The summed E-state index contributed by atoms with van der Waals surface area (Å²) in [6, 6.07) is 1.81. The minimum absolute atomic E-state index is 0.692. The van der Waals surface area contributed by atoms with Crippen molar-refractivity contribution in [3.05, 3.63) is 27.5 Å². The van der Waals surface area contributed by atoms with Crippen molar-refractivity contribution in [3.63, 3.8) is 0 Å². The number of aryl methyl sites for hydroxylation is 1. The zero-order chi connectivity index (χ0) is 6.85. The summed E-state index contributed by atoms with van der Waals surface area (Å²) in [5, 5.41) is 0.692. The molecule has 0 bridgehead atoms. The highest BCUT2D eigenvalue weighted by atomic mass is 79.9. The molecule has 1 nitrogen and oxygen atoms in total. The summed E-state index contributed by atoms with van der Waals surface area (Å²) in [4.78, 5) is 3.98. The van der Waals surface area contributed by atoms with E-state index in [-0.39, 0.29) is 0 Å². The Bertz CT molecular complexity index is 204. The maximum atomic E-state index is 5.77. The number of rotatable bonds is 0.